The van der Waals surface area contributed by atoms with E-state index in [4.69, 9.17) is 0 Å². The predicted octanol–water partition coefficient (Wildman–Crippen LogP) is 3.88. The average molecular weight is 290 g/mol. The van der Waals surface area contributed by atoms with Gasteiger partial charge in [-0.1, -0.05) is 31.9 Å². The third kappa shape index (κ3) is 3.00. The fourth-order valence-corrected chi connectivity index (χ4v) is 4.14. The molecule has 1 aromatic carbocycles. The number of nitrogens with one attached hydrogen (secondary N) is 1. The van der Waals surface area contributed by atoms with E-state index in [-0.39, 0.29) is 5.82 Å². The molecular weight excluding hydrogens is 263 g/mol. The van der Waals surface area contributed by atoms with Crippen LogP contribution in [0.15, 0.2) is 24.3 Å². The molecule has 3 rings (SSSR count). The van der Waals surface area contributed by atoms with Gasteiger partial charge in [-0.15, -0.1) is 0 Å². The van der Waals surface area contributed by atoms with Crippen LogP contribution in [-0.4, -0.2) is 29.6 Å². The monoisotopic (exact) mass is 290 g/mol. The zero-order valence-electron chi connectivity index (χ0n) is 13.2. The van der Waals surface area contributed by atoms with Crippen molar-refractivity contribution in [1.29, 1.82) is 0 Å². The van der Waals surface area contributed by atoms with Crippen molar-refractivity contribution in [2.75, 3.05) is 13.1 Å². The average Bonchev–Trinajstić information content (AvgIpc) is 2.95. The maximum absolute atomic E-state index is 13.2. The molecule has 1 saturated carbocycles. The van der Waals surface area contributed by atoms with Gasteiger partial charge in [-0.25, -0.2) is 4.39 Å². The lowest BCUT2D eigenvalue weighted by Crippen LogP contribution is -2.63. The van der Waals surface area contributed by atoms with Crippen LogP contribution in [-0.2, 0) is 0 Å². The summed E-state index contributed by atoms with van der Waals surface area (Å²) in [5.41, 5.74) is 1.56. The van der Waals surface area contributed by atoms with E-state index in [1.807, 2.05) is 12.1 Å². The van der Waals surface area contributed by atoms with Crippen LogP contribution in [0, 0.1) is 5.82 Å². The SMILES string of the molecule is CCC1CNC2(CCCC2)CN1C(C)c1ccc(F)cc1. The van der Waals surface area contributed by atoms with E-state index < -0.39 is 0 Å². The maximum Gasteiger partial charge on any atom is 0.123 e. The van der Waals surface area contributed by atoms with E-state index >= 15 is 0 Å². The highest BCUT2D eigenvalue weighted by atomic mass is 19.1. The molecule has 2 nitrogen and oxygen atoms in total. The molecule has 2 aliphatic rings. The fraction of sp³-hybridized carbons (Fsp3) is 0.667. The summed E-state index contributed by atoms with van der Waals surface area (Å²) < 4.78 is 13.2. The smallest absolute Gasteiger partial charge is 0.123 e. The number of hydrogen-bond acceptors (Lipinski definition) is 2. The van der Waals surface area contributed by atoms with E-state index in [1.165, 1.54) is 31.2 Å². The molecule has 116 valence electrons. The summed E-state index contributed by atoms with van der Waals surface area (Å²) >= 11 is 0. The van der Waals surface area contributed by atoms with Crippen LogP contribution in [0.5, 0.6) is 0 Å². The molecule has 2 fully saturated rings. The summed E-state index contributed by atoms with van der Waals surface area (Å²) in [6, 6.07) is 7.98. The molecule has 1 aliphatic heterocycles. The minimum Gasteiger partial charge on any atom is -0.308 e. The van der Waals surface area contributed by atoms with Crippen LogP contribution in [0.3, 0.4) is 0 Å². The van der Waals surface area contributed by atoms with Crippen LogP contribution < -0.4 is 5.32 Å². The molecule has 2 atom stereocenters. The van der Waals surface area contributed by atoms with E-state index in [2.05, 4.69) is 24.1 Å². The molecule has 0 amide bonds. The van der Waals surface area contributed by atoms with Gasteiger partial charge in [-0.05, 0) is 43.9 Å². The Morgan fingerprint density at radius 2 is 1.95 bits per heavy atom. The molecule has 0 radical (unpaired) electrons. The maximum atomic E-state index is 13.2. The van der Waals surface area contributed by atoms with Crippen LogP contribution in [0.4, 0.5) is 4.39 Å². The number of halogens is 1. The highest BCUT2D eigenvalue weighted by Crippen LogP contribution is 2.36. The molecule has 3 heteroatoms. The van der Waals surface area contributed by atoms with Crippen molar-refractivity contribution in [2.24, 2.45) is 0 Å². The second-order valence-electron chi connectivity index (χ2n) is 6.83. The summed E-state index contributed by atoms with van der Waals surface area (Å²) in [4.78, 5) is 2.65. The molecule has 1 aromatic rings. The Bertz CT molecular complexity index is 465. The molecular formula is C18H27FN2. The van der Waals surface area contributed by atoms with Gasteiger partial charge in [0.1, 0.15) is 5.82 Å². The number of piperazine rings is 1. The molecule has 1 spiro atoms. The van der Waals surface area contributed by atoms with E-state index in [9.17, 15) is 4.39 Å². The number of benzene rings is 1. The number of hydrogen-bond donors (Lipinski definition) is 1. The first-order chi connectivity index (χ1) is 10.1. The van der Waals surface area contributed by atoms with E-state index in [0.717, 1.165) is 19.5 Å². The molecule has 1 aliphatic carbocycles. The molecule has 1 heterocycles. The zero-order chi connectivity index (χ0) is 14.9. The lowest BCUT2D eigenvalue weighted by atomic mass is 9.89. The quantitative estimate of drug-likeness (QED) is 0.908. The standard InChI is InChI=1S/C18H27FN2/c1-3-17-12-20-18(10-4-5-11-18)13-21(17)14(2)15-6-8-16(19)9-7-15/h6-9,14,17,20H,3-5,10-13H2,1-2H3. The highest BCUT2D eigenvalue weighted by Gasteiger charge is 2.42. The van der Waals surface area contributed by atoms with Crippen molar-refractivity contribution in [1.82, 2.24) is 10.2 Å². The topological polar surface area (TPSA) is 15.3 Å². The number of rotatable bonds is 3. The largest absolute Gasteiger partial charge is 0.308 e. The van der Waals surface area contributed by atoms with Crippen molar-refractivity contribution in [3.05, 3.63) is 35.6 Å². The Morgan fingerprint density at radius 1 is 1.29 bits per heavy atom. The van der Waals surface area contributed by atoms with Crippen molar-refractivity contribution >= 4 is 0 Å². The van der Waals surface area contributed by atoms with Crippen LogP contribution in [0.2, 0.25) is 0 Å². The Kier molecular flexibility index (Phi) is 4.32. The van der Waals surface area contributed by atoms with Crippen molar-refractivity contribution in [3.63, 3.8) is 0 Å². The van der Waals surface area contributed by atoms with Gasteiger partial charge in [-0.2, -0.15) is 0 Å². The van der Waals surface area contributed by atoms with Gasteiger partial charge in [0.15, 0.2) is 0 Å². The van der Waals surface area contributed by atoms with Crippen molar-refractivity contribution < 1.29 is 4.39 Å². The summed E-state index contributed by atoms with van der Waals surface area (Å²) in [6.45, 7) is 6.75. The molecule has 0 bridgehead atoms. The van der Waals surface area contributed by atoms with Gasteiger partial charge in [0, 0.05) is 30.7 Å². The van der Waals surface area contributed by atoms with Crippen LogP contribution in [0.1, 0.15) is 57.6 Å². The lowest BCUT2D eigenvalue weighted by molar-refractivity contribution is 0.0462. The Hall–Kier alpha value is -0.930. The Labute approximate surface area is 127 Å². The second-order valence-corrected chi connectivity index (χ2v) is 6.83. The Morgan fingerprint density at radius 3 is 2.57 bits per heavy atom. The number of nitrogens with zero attached hydrogens (tertiary/aromatic N) is 1. The van der Waals surface area contributed by atoms with E-state index in [1.54, 1.807) is 12.1 Å². The first-order valence-corrected chi connectivity index (χ1v) is 8.40. The van der Waals surface area contributed by atoms with Gasteiger partial charge < -0.3 is 5.32 Å². The van der Waals surface area contributed by atoms with Crippen LogP contribution >= 0.6 is 0 Å². The van der Waals surface area contributed by atoms with E-state index in [0.29, 0.717) is 17.6 Å². The lowest BCUT2D eigenvalue weighted by Gasteiger charge is -2.49. The molecule has 0 aromatic heterocycles. The first kappa shape index (κ1) is 15.0. The minimum atomic E-state index is -0.148. The molecule has 1 N–H and O–H groups in total. The molecule has 2 unspecified atom stereocenters. The summed E-state index contributed by atoms with van der Waals surface area (Å²) in [5, 5.41) is 3.84. The van der Waals surface area contributed by atoms with Crippen LogP contribution in [0.25, 0.3) is 0 Å². The molecule has 21 heavy (non-hydrogen) atoms. The fourth-order valence-electron chi connectivity index (χ4n) is 4.14. The van der Waals surface area contributed by atoms with Gasteiger partial charge in [0.2, 0.25) is 0 Å². The van der Waals surface area contributed by atoms with Crippen molar-refractivity contribution in [2.45, 2.75) is 63.6 Å². The van der Waals surface area contributed by atoms with Gasteiger partial charge in [0.25, 0.3) is 0 Å². The zero-order valence-corrected chi connectivity index (χ0v) is 13.2. The summed E-state index contributed by atoms with van der Waals surface area (Å²) in [5.74, 6) is -0.148. The Balaban J connectivity index is 1.80. The molecule has 1 saturated heterocycles. The normalized spacial score (nSPS) is 27.1. The van der Waals surface area contributed by atoms with Gasteiger partial charge in [0.05, 0.1) is 0 Å². The predicted molar refractivity (Wildman–Crippen MR) is 84.8 cm³/mol. The third-order valence-electron chi connectivity index (χ3n) is 5.55. The second kappa shape index (κ2) is 6.05. The third-order valence-corrected chi connectivity index (χ3v) is 5.55. The summed E-state index contributed by atoms with van der Waals surface area (Å²) in [6.07, 6.45) is 6.46. The van der Waals surface area contributed by atoms with Gasteiger partial charge in [-0.3, -0.25) is 4.90 Å². The van der Waals surface area contributed by atoms with Gasteiger partial charge >= 0.3 is 0 Å². The first-order valence-electron chi connectivity index (χ1n) is 8.40. The minimum absolute atomic E-state index is 0.148. The van der Waals surface area contributed by atoms with Crippen molar-refractivity contribution in [3.8, 4) is 0 Å². The highest BCUT2D eigenvalue weighted by molar-refractivity contribution is 5.20. The summed E-state index contributed by atoms with van der Waals surface area (Å²) in [7, 11) is 0.